The zero-order valence-electron chi connectivity index (χ0n) is 7.10. The molecule has 6 heteroatoms. The molecular formula is C9H4ClF3OS. The Hall–Kier alpha value is -0.940. The molecule has 0 saturated heterocycles. The van der Waals surface area contributed by atoms with Gasteiger partial charge in [0.2, 0.25) is 0 Å². The van der Waals surface area contributed by atoms with Gasteiger partial charge >= 0.3 is 6.18 Å². The van der Waals surface area contributed by atoms with Gasteiger partial charge in [-0.05, 0) is 18.2 Å². The summed E-state index contributed by atoms with van der Waals surface area (Å²) < 4.78 is 37.5. The molecule has 0 spiro atoms. The summed E-state index contributed by atoms with van der Waals surface area (Å²) >= 11 is 6.12. The largest absolute Gasteiger partial charge is 0.506 e. The lowest BCUT2D eigenvalue weighted by molar-refractivity contribution is -0.135. The second-order valence-corrected chi connectivity index (χ2v) is 4.41. The van der Waals surface area contributed by atoms with E-state index >= 15 is 0 Å². The lowest BCUT2D eigenvalue weighted by Crippen LogP contribution is -2.01. The van der Waals surface area contributed by atoms with Crippen molar-refractivity contribution in [2.75, 3.05) is 0 Å². The van der Waals surface area contributed by atoms with Crippen LogP contribution >= 0.6 is 22.9 Å². The number of alkyl halides is 3. The molecule has 0 aliphatic carbocycles. The molecule has 1 N–H and O–H groups in total. The van der Waals surface area contributed by atoms with Gasteiger partial charge in [-0.2, -0.15) is 13.2 Å². The highest BCUT2D eigenvalue weighted by molar-refractivity contribution is 7.19. The van der Waals surface area contributed by atoms with Crippen molar-refractivity contribution >= 4 is 33.0 Å². The third-order valence-electron chi connectivity index (χ3n) is 1.88. The minimum atomic E-state index is -4.53. The molecule has 0 atom stereocenters. The highest BCUT2D eigenvalue weighted by atomic mass is 35.5. The predicted molar refractivity (Wildman–Crippen MR) is 53.5 cm³/mol. The van der Waals surface area contributed by atoms with Gasteiger partial charge in [0.25, 0.3) is 0 Å². The van der Waals surface area contributed by atoms with Gasteiger partial charge in [-0.1, -0.05) is 11.6 Å². The summed E-state index contributed by atoms with van der Waals surface area (Å²) in [6, 6.07) is 4.21. The molecule has 0 saturated carbocycles. The maximum atomic E-state index is 12.4. The first kappa shape index (κ1) is 10.6. The van der Waals surface area contributed by atoms with Crippen LogP contribution < -0.4 is 0 Å². The van der Waals surface area contributed by atoms with Crippen LogP contribution in [-0.2, 0) is 6.18 Å². The zero-order valence-corrected chi connectivity index (χ0v) is 8.67. The zero-order chi connectivity index (χ0) is 11.2. The Kier molecular flexibility index (Phi) is 2.31. The fraction of sp³-hybridized carbons (Fsp3) is 0.111. The number of aromatic hydroxyl groups is 1. The van der Waals surface area contributed by atoms with Crippen LogP contribution in [0.5, 0.6) is 5.75 Å². The van der Waals surface area contributed by atoms with Crippen molar-refractivity contribution in [1.29, 1.82) is 0 Å². The molecule has 1 heterocycles. The van der Waals surface area contributed by atoms with E-state index in [1.54, 1.807) is 0 Å². The minimum absolute atomic E-state index is 0.178. The van der Waals surface area contributed by atoms with E-state index in [4.69, 9.17) is 11.6 Å². The van der Waals surface area contributed by atoms with Gasteiger partial charge < -0.3 is 5.11 Å². The number of halogens is 4. The number of hydrogen-bond donors (Lipinski definition) is 1. The standard InChI is InChI=1S/C9H4ClF3OS/c10-4-1-2-5-6(3-4)15-8(7(5)14)9(11,12)13/h1-3,14H. The first-order chi connectivity index (χ1) is 6.89. The normalized spacial score (nSPS) is 12.3. The monoisotopic (exact) mass is 252 g/mol. The average molecular weight is 253 g/mol. The van der Waals surface area contributed by atoms with Crippen molar-refractivity contribution in [3.05, 3.63) is 28.1 Å². The van der Waals surface area contributed by atoms with E-state index in [2.05, 4.69) is 0 Å². The van der Waals surface area contributed by atoms with E-state index in [0.717, 1.165) is 0 Å². The van der Waals surface area contributed by atoms with Crippen molar-refractivity contribution in [3.8, 4) is 5.75 Å². The fourth-order valence-corrected chi connectivity index (χ4v) is 2.49. The second-order valence-electron chi connectivity index (χ2n) is 2.92. The first-order valence-electron chi connectivity index (χ1n) is 3.88. The van der Waals surface area contributed by atoms with Crippen LogP contribution in [0.2, 0.25) is 5.02 Å². The van der Waals surface area contributed by atoms with E-state index in [1.165, 1.54) is 18.2 Å². The van der Waals surface area contributed by atoms with E-state index in [9.17, 15) is 18.3 Å². The molecule has 0 unspecified atom stereocenters. The van der Waals surface area contributed by atoms with Crippen molar-refractivity contribution in [2.24, 2.45) is 0 Å². The van der Waals surface area contributed by atoms with E-state index in [0.29, 0.717) is 21.1 Å². The molecule has 0 radical (unpaired) electrons. The van der Waals surface area contributed by atoms with Gasteiger partial charge in [0.05, 0.1) is 0 Å². The SMILES string of the molecule is Oc1c(C(F)(F)F)sc2cc(Cl)ccc12. The van der Waals surface area contributed by atoms with Gasteiger partial charge in [-0.15, -0.1) is 11.3 Å². The summed E-state index contributed by atoms with van der Waals surface area (Å²) in [6.45, 7) is 0. The number of rotatable bonds is 0. The van der Waals surface area contributed by atoms with Crippen LogP contribution in [0.25, 0.3) is 10.1 Å². The molecule has 80 valence electrons. The Morgan fingerprint density at radius 3 is 2.53 bits per heavy atom. The Morgan fingerprint density at radius 2 is 1.93 bits per heavy atom. The molecule has 2 aromatic rings. The molecule has 2 rings (SSSR count). The van der Waals surface area contributed by atoms with Gasteiger partial charge in [0.1, 0.15) is 5.75 Å². The van der Waals surface area contributed by atoms with Gasteiger partial charge in [-0.3, -0.25) is 0 Å². The van der Waals surface area contributed by atoms with Crippen molar-refractivity contribution < 1.29 is 18.3 Å². The second kappa shape index (κ2) is 3.28. The minimum Gasteiger partial charge on any atom is -0.506 e. The van der Waals surface area contributed by atoms with E-state index in [1.807, 2.05) is 0 Å². The fourth-order valence-electron chi connectivity index (χ4n) is 1.25. The first-order valence-corrected chi connectivity index (χ1v) is 5.07. The Bertz CT molecular complexity index is 518. The molecule has 0 aliphatic heterocycles. The number of thiophene rings is 1. The maximum absolute atomic E-state index is 12.4. The highest BCUT2D eigenvalue weighted by Crippen LogP contribution is 2.46. The Labute approximate surface area is 91.7 Å². The lowest BCUT2D eigenvalue weighted by atomic mass is 10.2. The molecule has 0 aliphatic rings. The number of benzene rings is 1. The average Bonchev–Trinajstić information content (AvgIpc) is 2.42. The summed E-state index contributed by atoms with van der Waals surface area (Å²) in [5, 5.41) is 9.89. The predicted octanol–water partition coefficient (Wildman–Crippen LogP) is 4.28. The topological polar surface area (TPSA) is 20.2 Å². The van der Waals surface area contributed by atoms with Crippen molar-refractivity contribution in [1.82, 2.24) is 0 Å². The Morgan fingerprint density at radius 1 is 1.27 bits per heavy atom. The maximum Gasteiger partial charge on any atom is 0.429 e. The third-order valence-corrected chi connectivity index (χ3v) is 3.31. The van der Waals surface area contributed by atoms with Crippen LogP contribution in [0.3, 0.4) is 0 Å². The van der Waals surface area contributed by atoms with Crippen LogP contribution in [0, 0.1) is 0 Å². The van der Waals surface area contributed by atoms with Crippen LogP contribution in [-0.4, -0.2) is 5.11 Å². The summed E-state index contributed by atoms with van der Waals surface area (Å²) in [4.78, 5) is -0.986. The van der Waals surface area contributed by atoms with Gasteiger partial charge in [-0.25, -0.2) is 0 Å². The summed E-state index contributed by atoms with van der Waals surface area (Å²) in [5.74, 6) is -0.723. The smallest absolute Gasteiger partial charge is 0.429 e. The van der Waals surface area contributed by atoms with Crippen molar-refractivity contribution in [3.63, 3.8) is 0 Å². The molecule has 0 amide bonds. The van der Waals surface area contributed by atoms with Gasteiger partial charge in [0.15, 0.2) is 4.88 Å². The molecule has 1 aromatic heterocycles. The number of hydrogen-bond acceptors (Lipinski definition) is 2. The molecule has 0 bridgehead atoms. The molecular weight excluding hydrogens is 249 g/mol. The lowest BCUT2D eigenvalue weighted by Gasteiger charge is -2.02. The molecule has 0 fully saturated rings. The van der Waals surface area contributed by atoms with Crippen molar-refractivity contribution in [2.45, 2.75) is 6.18 Å². The number of fused-ring (bicyclic) bond motifs is 1. The van der Waals surface area contributed by atoms with Crippen LogP contribution in [0.1, 0.15) is 4.88 Å². The highest BCUT2D eigenvalue weighted by Gasteiger charge is 2.37. The van der Waals surface area contributed by atoms with Crippen LogP contribution in [0.15, 0.2) is 18.2 Å². The van der Waals surface area contributed by atoms with E-state index < -0.39 is 16.8 Å². The Balaban J connectivity index is 2.75. The third kappa shape index (κ3) is 1.77. The molecule has 1 nitrogen and oxygen atoms in total. The summed E-state index contributed by atoms with van der Waals surface area (Å²) in [6.07, 6.45) is -4.53. The quantitative estimate of drug-likeness (QED) is 0.742. The molecule has 15 heavy (non-hydrogen) atoms. The van der Waals surface area contributed by atoms with Crippen LogP contribution in [0.4, 0.5) is 13.2 Å². The summed E-state index contributed by atoms with van der Waals surface area (Å²) in [5.41, 5.74) is 0. The molecule has 1 aromatic carbocycles. The van der Waals surface area contributed by atoms with E-state index in [-0.39, 0.29) is 5.39 Å². The summed E-state index contributed by atoms with van der Waals surface area (Å²) in [7, 11) is 0. The van der Waals surface area contributed by atoms with Gasteiger partial charge in [0, 0.05) is 15.1 Å².